The Balaban J connectivity index is 1.81. The normalized spacial score (nSPS) is 20.3. The molecular formula is C17H28N2O. The first-order chi connectivity index (χ1) is 9.65. The lowest BCUT2D eigenvalue weighted by atomic mass is 9.98. The van der Waals surface area contributed by atoms with Crippen LogP contribution in [0, 0.1) is 5.92 Å². The fraction of sp³-hybridized carbons (Fsp3) is 0.647. The first-order valence-corrected chi connectivity index (χ1v) is 7.79. The van der Waals surface area contributed by atoms with E-state index in [-0.39, 0.29) is 6.10 Å². The largest absolute Gasteiger partial charge is 0.491 e. The number of hydrogen-bond donors (Lipinski definition) is 1. The molecule has 1 aromatic carbocycles. The van der Waals surface area contributed by atoms with Gasteiger partial charge in [0.25, 0.3) is 0 Å². The minimum Gasteiger partial charge on any atom is -0.491 e. The monoisotopic (exact) mass is 276 g/mol. The maximum atomic E-state index is 5.86. The molecule has 1 aromatic rings. The quantitative estimate of drug-likeness (QED) is 0.864. The molecule has 2 rings (SSSR count). The molecule has 1 aliphatic heterocycles. The third-order valence-corrected chi connectivity index (χ3v) is 3.81. The molecule has 0 saturated carbocycles. The van der Waals surface area contributed by atoms with Gasteiger partial charge in [0.1, 0.15) is 5.75 Å². The van der Waals surface area contributed by atoms with Gasteiger partial charge in [-0.15, -0.1) is 0 Å². The third-order valence-electron chi connectivity index (χ3n) is 3.81. The number of rotatable bonds is 6. The van der Waals surface area contributed by atoms with Crippen molar-refractivity contribution in [2.45, 2.75) is 39.3 Å². The van der Waals surface area contributed by atoms with E-state index in [9.17, 15) is 0 Å². The van der Waals surface area contributed by atoms with E-state index in [0.717, 1.165) is 24.8 Å². The molecule has 112 valence electrons. The van der Waals surface area contributed by atoms with Gasteiger partial charge in [0.05, 0.1) is 6.10 Å². The maximum absolute atomic E-state index is 5.86. The highest BCUT2D eigenvalue weighted by Crippen LogP contribution is 2.19. The van der Waals surface area contributed by atoms with E-state index in [2.05, 4.69) is 49.3 Å². The summed E-state index contributed by atoms with van der Waals surface area (Å²) in [5.41, 5.74) is 1.25. The molecule has 0 bridgehead atoms. The molecule has 0 spiro atoms. The van der Waals surface area contributed by atoms with E-state index >= 15 is 0 Å². The standard InChI is InChI=1S/C17H28N2O/c1-14(2)20-17-9-5-4-8-16(17)12-18-11-15-7-6-10-19(3)13-15/h4-5,8-9,14-15,18H,6-7,10-13H2,1-3H3/t15-/m0/s1. The second-order valence-corrected chi connectivity index (χ2v) is 6.18. The van der Waals surface area contributed by atoms with Gasteiger partial charge in [0.2, 0.25) is 0 Å². The Hall–Kier alpha value is -1.06. The zero-order chi connectivity index (χ0) is 14.4. The van der Waals surface area contributed by atoms with Gasteiger partial charge in [-0.2, -0.15) is 0 Å². The van der Waals surface area contributed by atoms with Crippen molar-refractivity contribution in [1.82, 2.24) is 10.2 Å². The van der Waals surface area contributed by atoms with Crippen molar-refractivity contribution in [1.29, 1.82) is 0 Å². The molecule has 0 aromatic heterocycles. The number of benzene rings is 1. The zero-order valence-corrected chi connectivity index (χ0v) is 13.1. The van der Waals surface area contributed by atoms with Crippen molar-refractivity contribution in [3.05, 3.63) is 29.8 Å². The van der Waals surface area contributed by atoms with Gasteiger partial charge in [-0.05, 0) is 58.8 Å². The summed E-state index contributed by atoms with van der Waals surface area (Å²) in [5, 5.41) is 3.60. The molecule has 3 nitrogen and oxygen atoms in total. The summed E-state index contributed by atoms with van der Waals surface area (Å²) in [7, 11) is 2.22. The van der Waals surface area contributed by atoms with E-state index in [0.29, 0.717) is 0 Å². The predicted molar refractivity (Wildman–Crippen MR) is 84.1 cm³/mol. The summed E-state index contributed by atoms with van der Waals surface area (Å²) in [6.07, 6.45) is 2.90. The molecule has 1 fully saturated rings. The number of nitrogens with one attached hydrogen (secondary N) is 1. The summed E-state index contributed by atoms with van der Waals surface area (Å²) < 4.78 is 5.86. The Labute approximate surface area is 123 Å². The lowest BCUT2D eigenvalue weighted by molar-refractivity contribution is 0.205. The summed E-state index contributed by atoms with van der Waals surface area (Å²) in [5.74, 6) is 1.79. The van der Waals surface area contributed by atoms with Crippen molar-refractivity contribution in [3.63, 3.8) is 0 Å². The fourth-order valence-electron chi connectivity index (χ4n) is 2.87. The van der Waals surface area contributed by atoms with Crippen molar-refractivity contribution < 1.29 is 4.74 Å². The number of hydrogen-bond acceptors (Lipinski definition) is 3. The third kappa shape index (κ3) is 4.80. The van der Waals surface area contributed by atoms with E-state index in [1.807, 2.05) is 6.07 Å². The predicted octanol–water partition coefficient (Wildman–Crippen LogP) is 2.91. The molecule has 0 aliphatic carbocycles. The minimum absolute atomic E-state index is 0.225. The van der Waals surface area contributed by atoms with Gasteiger partial charge in [-0.25, -0.2) is 0 Å². The second kappa shape index (κ2) is 7.65. The first-order valence-electron chi connectivity index (χ1n) is 7.79. The molecular weight excluding hydrogens is 248 g/mol. The molecule has 1 aliphatic rings. The Morgan fingerprint density at radius 2 is 2.15 bits per heavy atom. The van der Waals surface area contributed by atoms with Gasteiger partial charge in [0.15, 0.2) is 0 Å². The number of para-hydroxylation sites is 1. The molecule has 1 N–H and O–H groups in total. The first kappa shape index (κ1) is 15.3. The second-order valence-electron chi connectivity index (χ2n) is 6.18. The Morgan fingerprint density at radius 3 is 2.90 bits per heavy atom. The average molecular weight is 276 g/mol. The van der Waals surface area contributed by atoms with Crippen LogP contribution in [-0.2, 0) is 6.54 Å². The van der Waals surface area contributed by atoms with Gasteiger partial charge < -0.3 is 15.0 Å². The van der Waals surface area contributed by atoms with Crippen LogP contribution in [0.25, 0.3) is 0 Å². The highest BCUT2D eigenvalue weighted by molar-refractivity contribution is 5.33. The zero-order valence-electron chi connectivity index (χ0n) is 13.1. The van der Waals surface area contributed by atoms with Crippen LogP contribution in [0.2, 0.25) is 0 Å². The summed E-state index contributed by atoms with van der Waals surface area (Å²) in [4.78, 5) is 2.44. The van der Waals surface area contributed by atoms with Crippen LogP contribution in [0.5, 0.6) is 5.75 Å². The van der Waals surface area contributed by atoms with Crippen LogP contribution in [0.3, 0.4) is 0 Å². The summed E-state index contributed by atoms with van der Waals surface area (Å²) in [6.45, 7) is 8.60. The minimum atomic E-state index is 0.225. The number of likely N-dealkylation sites (tertiary alicyclic amines) is 1. The molecule has 0 amide bonds. The van der Waals surface area contributed by atoms with Crippen LogP contribution >= 0.6 is 0 Å². The van der Waals surface area contributed by atoms with Crippen LogP contribution in [0.1, 0.15) is 32.3 Å². The van der Waals surface area contributed by atoms with Crippen LogP contribution < -0.4 is 10.1 Å². The lowest BCUT2D eigenvalue weighted by Gasteiger charge is -2.29. The van der Waals surface area contributed by atoms with Gasteiger partial charge in [-0.1, -0.05) is 18.2 Å². The van der Waals surface area contributed by atoms with Crippen LogP contribution in [0.15, 0.2) is 24.3 Å². The van der Waals surface area contributed by atoms with Gasteiger partial charge >= 0.3 is 0 Å². The number of piperidine rings is 1. The molecule has 0 radical (unpaired) electrons. The lowest BCUT2D eigenvalue weighted by Crippen LogP contribution is -2.37. The van der Waals surface area contributed by atoms with Crippen molar-refractivity contribution in [2.75, 3.05) is 26.7 Å². The Kier molecular flexibility index (Phi) is 5.86. The highest BCUT2D eigenvalue weighted by Gasteiger charge is 2.16. The maximum Gasteiger partial charge on any atom is 0.124 e. The Bertz CT molecular complexity index is 406. The summed E-state index contributed by atoms with van der Waals surface area (Å²) in [6, 6.07) is 8.33. The number of nitrogens with zero attached hydrogens (tertiary/aromatic N) is 1. The van der Waals surface area contributed by atoms with Gasteiger partial charge in [-0.3, -0.25) is 0 Å². The van der Waals surface area contributed by atoms with Crippen molar-refractivity contribution >= 4 is 0 Å². The van der Waals surface area contributed by atoms with Crippen molar-refractivity contribution in [2.24, 2.45) is 5.92 Å². The smallest absolute Gasteiger partial charge is 0.124 e. The Morgan fingerprint density at radius 1 is 1.35 bits per heavy atom. The number of ether oxygens (including phenoxy) is 1. The molecule has 1 heterocycles. The SMILES string of the molecule is CC(C)Oc1ccccc1CNC[C@@H]1CCCN(C)C1. The van der Waals surface area contributed by atoms with Gasteiger partial charge in [0, 0.05) is 18.7 Å². The highest BCUT2D eigenvalue weighted by atomic mass is 16.5. The molecule has 0 unspecified atom stereocenters. The van der Waals surface area contributed by atoms with Crippen LogP contribution in [-0.4, -0.2) is 37.7 Å². The summed E-state index contributed by atoms with van der Waals surface area (Å²) >= 11 is 0. The molecule has 1 saturated heterocycles. The van der Waals surface area contributed by atoms with E-state index < -0.39 is 0 Å². The molecule has 3 heteroatoms. The fourth-order valence-corrected chi connectivity index (χ4v) is 2.87. The molecule has 20 heavy (non-hydrogen) atoms. The average Bonchev–Trinajstić information content (AvgIpc) is 2.40. The van der Waals surface area contributed by atoms with E-state index in [4.69, 9.17) is 4.74 Å². The van der Waals surface area contributed by atoms with E-state index in [1.54, 1.807) is 0 Å². The van der Waals surface area contributed by atoms with E-state index in [1.165, 1.54) is 31.5 Å². The van der Waals surface area contributed by atoms with Crippen molar-refractivity contribution in [3.8, 4) is 5.75 Å². The van der Waals surface area contributed by atoms with Crippen LogP contribution in [0.4, 0.5) is 0 Å². The topological polar surface area (TPSA) is 24.5 Å². The molecule has 1 atom stereocenters.